The maximum absolute atomic E-state index is 12.5. The fourth-order valence-electron chi connectivity index (χ4n) is 2.57. The summed E-state index contributed by atoms with van der Waals surface area (Å²) in [6.07, 6.45) is 4.95. The highest BCUT2D eigenvalue weighted by Gasteiger charge is 2.15. The molecule has 0 saturated carbocycles. The molecule has 8 nitrogen and oxygen atoms in total. The van der Waals surface area contributed by atoms with Crippen molar-refractivity contribution in [3.05, 3.63) is 72.1 Å². The Morgan fingerprint density at radius 2 is 2.04 bits per heavy atom. The highest BCUT2D eigenvalue weighted by Crippen LogP contribution is 2.26. The summed E-state index contributed by atoms with van der Waals surface area (Å²) in [6, 6.07) is 10.8. The predicted molar refractivity (Wildman–Crippen MR) is 99.0 cm³/mol. The molecule has 1 aromatic carbocycles. The number of hydrogen-bond acceptors (Lipinski definition) is 6. The SMILES string of the molecule is Cc1cc(NC(=O)c2nc3nccc(C)n3n2)ccc1Oc1cccnc1. The molecular formula is C19H16N6O2. The Kier molecular flexibility index (Phi) is 4.21. The Morgan fingerprint density at radius 3 is 2.78 bits per heavy atom. The van der Waals surface area contributed by atoms with Crippen molar-refractivity contribution in [1.82, 2.24) is 24.6 Å². The van der Waals surface area contributed by atoms with Crippen LogP contribution in [0.1, 0.15) is 21.9 Å². The summed E-state index contributed by atoms with van der Waals surface area (Å²) in [4.78, 5) is 24.8. The predicted octanol–water partition coefficient (Wildman–Crippen LogP) is 3.18. The van der Waals surface area contributed by atoms with Crippen molar-refractivity contribution in [2.45, 2.75) is 13.8 Å². The van der Waals surface area contributed by atoms with Gasteiger partial charge in [0.2, 0.25) is 5.82 Å². The van der Waals surface area contributed by atoms with Crippen LogP contribution in [0.4, 0.5) is 5.69 Å². The highest BCUT2D eigenvalue weighted by atomic mass is 16.5. The lowest BCUT2D eigenvalue weighted by Crippen LogP contribution is -2.14. The second-order valence-electron chi connectivity index (χ2n) is 5.96. The minimum atomic E-state index is -0.403. The van der Waals surface area contributed by atoms with Crippen molar-refractivity contribution < 1.29 is 9.53 Å². The Labute approximate surface area is 154 Å². The number of benzene rings is 1. The summed E-state index contributed by atoms with van der Waals surface area (Å²) in [6.45, 7) is 3.77. The molecule has 0 radical (unpaired) electrons. The molecule has 4 aromatic rings. The molecule has 0 unspecified atom stereocenters. The van der Waals surface area contributed by atoms with Crippen molar-refractivity contribution in [3.63, 3.8) is 0 Å². The molecule has 0 spiro atoms. The van der Waals surface area contributed by atoms with E-state index in [-0.39, 0.29) is 5.82 Å². The van der Waals surface area contributed by atoms with Crippen molar-refractivity contribution in [1.29, 1.82) is 0 Å². The van der Waals surface area contributed by atoms with E-state index in [4.69, 9.17) is 4.74 Å². The van der Waals surface area contributed by atoms with Gasteiger partial charge in [0.25, 0.3) is 11.7 Å². The van der Waals surface area contributed by atoms with Crippen molar-refractivity contribution in [2.24, 2.45) is 0 Å². The summed E-state index contributed by atoms with van der Waals surface area (Å²) in [5.74, 6) is 1.38. The summed E-state index contributed by atoms with van der Waals surface area (Å²) < 4.78 is 7.33. The van der Waals surface area contributed by atoms with Crippen molar-refractivity contribution in [2.75, 3.05) is 5.32 Å². The smallest absolute Gasteiger partial charge is 0.295 e. The number of fused-ring (bicyclic) bond motifs is 1. The van der Waals surface area contributed by atoms with Crippen molar-refractivity contribution in [3.8, 4) is 11.5 Å². The highest BCUT2D eigenvalue weighted by molar-refractivity contribution is 6.01. The molecule has 4 rings (SSSR count). The first-order valence-corrected chi connectivity index (χ1v) is 8.28. The van der Waals surface area contributed by atoms with Crippen molar-refractivity contribution >= 4 is 17.4 Å². The molecule has 27 heavy (non-hydrogen) atoms. The maximum atomic E-state index is 12.5. The van der Waals surface area contributed by atoms with Crippen LogP contribution in [0, 0.1) is 13.8 Å². The molecule has 8 heteroatoms. The number of amides is 1. The van der Waals surface area contributed by atoms with Crippen LogP contribution in [0.15, 0.2) is 55.0 Å². The number of aromatic nitrogens is 5. The molecule has 0 bridgehead atoms. The van der Waals surface area contributed by atoms with Crippen LogP contribution in [0.5, 0.6) is 11.5 Å². The number of carbonyl (C=O) groups is 1. The Morgan fingerprint density at radius 1 is 1.15 bits per heavy atom. The van der Waals surface area contributed by atoms with E-state index < -0.39 is 5.91 Å². The lowest BCUT2D eigenvalue weighted by molar-refractivity contribution is 0.101. The van der Waals surface area contributed by atoms with Crippen LogP contribution < -0.4 is 10.1 Å². The first-order chi connectivity index (χ1) is 13.1. The zero-order chi connectivity index (χ0) is 18.8. The van der Waals surface area contributed by atoms with E-state index in [1.54, 1.807) is 42.9 Å². The zero-order valence-electron chi connectivity index (χ0n) is 14.7. The van der Waals surface area contributed by atoms with Gasteiger partial charge in [-0.15, -0.1) is 5.10 Å². The quantitative estimate of drug-likeness (QED) is 0.601. The molecule has 0 saturated heterocycles. The van der Waals surface area contributed by atoms with Crippen LogP contribution in [0.3, 0.4) is 0 Å². The number of rotatable bonds is 4. The van der Waals surface area contributed by atoms with E-state index in [1.807, 2.05) is 26.0 Å². The van der Waals surface area contributed by atoms with E-state index >= 15 is 0 Å². The molecule has 3 aromatic heterocycles. The molecule has 0 aliphatic rings. The third-order valence-electron chi connectivity index (χ3n) is 3.93. The molecule has 1 amide bonds. The number of nitrogens with one attached hydrogen (secondary N) is 1. The molecule has 0 aliphatic heterocycles. The Balaban J connectivity index is 1.52. The third kappa shape index (κ3) is 3.45. The molecule has 0 fully saturated rings. The summed E-state index contributed by atoms with van der Waals surface area (Å²) in [7, 11) is 0. The lowest BCUT2D eigenvalue weighted by atomic mass is 10.2. The van der Waals surface area contributed by atoms with Crippen LogP contribution in [-0.4, -0.2) is 30.5 Å². The second-order valence-corrected chi connectivity index (χ2v) is 5.96. The van der Waals surface area contributed by atoms with Gasteiger partial charge in [0.05, 0.1) is 6.20 Å². The minimum Gasteiger partial charge on any atom is -0.455 e. The van der Waals surface area contributed by atoms with Gasteiger partial charge in [-0.05, 0) is 55.8 Å². The van der Waals surface area contributed by atoms with Gasteiger partial charge in [0.15, 0.2) is 0 Å². The zero-order valence-corrected chi connectivity index (χ0v) is 14.7. The Hall–Kier alpha value is -3.81. The van der Waals surface area contributed by atoms with E-state index in [0.29, 0.717) is 23.0 Å². The molecule has 0 aliphatic carbocycles. The summed E-state index contributed by atoms with van der Waals surface area (Å²) >= 11 is 0. The fraction of sp³-hybridized carbons (Fsp3) is 0.105. The van der Waals surface area contributed by atoms with Gasteiger partial charge in [0.1, 0.15) is 11.5 Å². The number of pyridine rings is 1. The van der Waals surface area contributed by atoms with Gasteiger partial charge in [-0.25, -0.2) is 9.50 Å². The molecule has 1 N–H and O–H groups in total. The number of ether oxygens (including phenoxy) is 1. The van der Waals surface area contributed by atoms with E-state index in [1.165, 1.54) is 4.52 Å². The number of nitrogens with zero attached hydrogens (tertiary/aromatic N) is 5. The molecule has 134 valence electrons. The van der Waals surface area contributed by atoms with Gasteiger partial charge in [0, 0.05) is 23.8 Å². The number of aryl methyl sites for hydroxylation is 2. The third-order valence-corrected chi connectivity index (χ3v) is 3.93. The monoisotopic (exact) mass is 360 g/mol. The maximum Gasteiger partial charge on any atom is 0.295 e. The average molecular weight is 360 g/mol. The molecular weight excluding hydrogens is 344 g/mol. The fourth-order valence-corrected chi connectivity index (χ4v) is 2.57. The van der Waals surface area contributed by atoms with E-state index in [0.717, 1.165) is 11.3 Å². The van der Waals surface area contributed by atoms with Gasteiger partial charge in [-0.1, -0.05) is 0 Å². The first-order valence-electron chi connectivity index (χ1n) is 8.28. The Bertz CT molecular complexity index is 1120. The van der Waals surface area contributed by atoms with Crippen LogP contribution in [-0.2, 0) is 0 Å². The van der Waals surface area contributed by atoms with E-state index in [2.05, 4.69) is 25.4 Å². The van der Waals surface area contributed by atoms with Gasteiger partial charge >= 0.3 is 0 Å². The first kappa shape index (κ1) is 16.6. The van der Waals surface area contributed by atoms with Gasteiger partial charge in [-0.2, -0.15) is 4.98 Å². The normalized spacial score (nSPS) is 10.7. The minimum absolute atomic E-state index is 0.0603. The van der Waals surface area contributed by atoms with Gasteiger partial charge in [-0.3, -0.25) is 9.78 Å². The summed E-state index contributed by atoms with van der Waals surface area (Å²) in [5, 5.41) is 7.00. The summed E-state index contributed by atoms with van der Waals surface area (Å²) in [5.41, 5.74) is 2.34. The van der Waals surface area contributed by atoms with Crippen LogP contribution >= 0.6 is 0 Å². The largest absolute Gasteiger partial charge is 0.455 e. The van der Waals surface area contributed by atoms with Gasteiger partial charge < -0.3 is 10.1 Å². The van der Waals surface area contributed by atoms with Crippen LogP contribution in [0.25, 0.3) is 5.78 Å². The number of anilines is 1. The topological polar surface area (TPSA) is 94.3 Å². The van der Waals surface area contributed by atoms with E-state index in [9.17, 15) is 4.79 Å². The molecule has 3 heterocycles. The number of hydrogen-bond donors (Lipinski definition) is 1. The average Bonchev–Trinajstić information content (AvgIpc) is 3.11. The lowest BCUT2D eigenvalue weighted by Gasteiger charge is -2.10. The second kappa shape index (κ2) is 6.83. The van der Waals surface area contributed by atoms with Crippen LogP contribution in [0.2, 0.25) is 0 Å². The number of carbonyl (C=O) groups excluding carboxylic acids is 1. The standard InChI is InChI=1S/C19H16N6O2/c1-12-10-14(5-6-16(12)27-15-4-3-8-20-11-15)22-18(26)17-23-19-21-9-7-13(2)25(19)24-17/h3-11H,1-2H3,(H,22,26). The molecule has 0 atom stereocenters.